The number of sulfonamides is 2. The van der Waals surface area contributed by atoms with Gasteiger partial charge in [0.15, 0.2) is 0 Å². The van der Waals surface area contributed by atoms with Crippen LogP contribution in [0.1, 0.15) is 31.2 Å². The molecule has 0 radical (unpaired) electrons. The number of hydrogen-bond donors (Lipinski definition) is 1. The molecule has 0 amide bonds. The molecular weight excluding hydrogens is 384 g/mol. The topological polar surface area (TPSA) is 83.5 Å². The molecule has 1 aliphatic rings. The molecule has 0 aliphatic carbocycles. The largest absolute Gasteiger partial charge is 0.283 e. The fourth-order valence-electron chi connectivity index (χ4n) is 3.14. The van der Waals surface area contributed by atoms with Crippen LogP contribution in [-0.4, -0.2) is 34.2 Å². The number of benzene rings is 2. The van der Waals surface area contributed by atoms with Crippen molar-refractivity contribution in [1.29, 1.82) is 0 Å². The highest BCUT2D eigenvalue weighted by molar-refractivity contribution is 7.92. The summed E-state index contributed by atoms with van der Waals surface area (Å²) in [6.07, 6.45) is 3.84. The van der Waals surface area contributed by atoms with Crippen molar-refractivity contribution in [3.63, 3.8) is 0 Å². The van der Waals surface area contributed by atoms with E-state index in [-0.39, 0.29) is 10.6 Å². The zero-order valence-corrected chi connectivity index (χ0v) is 16.7. The second-order valence-corrected chi connectivity index (χ2v) is 10.3. The van der Waals surface area contributed by atoms with E-state index >= 15 is 0 Å². The van der Waals surface area contributed by atoms with E-state index in [1.807, 2.05) is 6.07 Å². The van der Waals surface area contributed by atoms with Gasteiger partial charge >= 0.3 is 0 Å². The minimum Gasteiger partial charge on any atom is -0.283 e. The Balaban J connectivity index is 1.71. The van der Waals surface area contributed by atoms with E-state index in [2.05, 4.69) is 4.72 Å². The van der Waals surface area contributed by atoms with Crippen LogP contribution >= 0.6 is 0 Å². The normalized spacial score (nSPS) is 16.6. The summed E-state index contributed by atoms with van der Waals surface area (Å²) in [6.45, 7) is 1.07. The first-order valence-electron chi connectivity index (χ1n) is 9.01. The van der Waals surface area contributed by atoms with E-state index in [4.69, 9.17) is 0 Å². The third-order valence-corrected chi connectivity index (χ3v) is 7.70. The van der Waals surface area contributed by atoms with Crippen LogP contribution in [0.4, 0.5) is 5.69 Å². The molecule has 3 rings (SSSR count). The van der Waals surface area contributed by atoms with Gasteiger partial charge in [0.05, 0.1) is 10.6 Å². The van der Waals surface area contributed by atoms with Gasteiger partial charge in [-0.2, -0.15) is 4.31 Å². The van der Waals surface area contributed by atoms with Crippen molar-refractivity contribution in [2.45, 2.75) is 36.3 Å². The van der Waals surface area contributed by atoms with Crippen LogP contribution in [-0.2, 0) is 25.8 Å². The molecule has 2 aromatic rings. The lowest BCUT2D eigenvalue weighted by molar-refractivity contribution is 0.424. The van der Waals surface area contributed by atoms with Crippen molar-refractivity contribution in [1.82, 2.24) is 4.31 Å². The molecule has 0 atom stereocenters. The molecule has 1 N–H and O–H groups in total. The highest BCUT2D eigenvalue weighted by atomic mass is 32.2. The maximum Gasteiger partial charge on any atom is 0.243 e. The van der Waals surface area contributed by atoms with E-state index in [1.54, 1.807) is 24.3 Å². The van der Waals surface area contributed by atoms with Gasteiger partial charge < -0.3 is 0 Å². The van der Waals surface area contributed by atoms with Gasteiger partial charge in [0.1, 0.15) is 0 Å². The molecule has 2 aromatic carbocycles. The Hall–Kier alpha value is -1.90. The van der Waals surface area contributed by atoms with Crippen LogP contribution < -0.4 is 4.72 Å². The van der Waals surface area contributed by atoms with Gasteiger partial charge in [-0.25, -0.2) is 16.8 Å². The number of hydrogen-bond acceptors (Lipinski definition) is 4. The lowest BCUT2D eigenvalue weighted by atomic mass is 10.2. The molecule has 1 saturated heterocycles. The van der Waals surface area contributed by atoms with Gasteiger partial charge in [0.2, 0.25) is 20.0 Å². The Bertz CT molecular complexity index is 949. The van der Waals surface area contributed by atoms with Crippen molar-refractivity contribution in [3.8, 4) is 0 Å². The monoisotopic (exact) mass is 408 g/mol. The van der Waals surface area contributed by atoms with E-state index in [1.165, 1.54) is 28.6 Å². The summed E-state index contributed by atoms with van der Waals surface area (Å²) in [5, 5.41) is 0. The Morgan fingerprint density at radius 3 is 1.96 bits per heavy atom. The molecule has 0 bridgehead atoms. The Kier molecular flexibility index (Phi) is 6.18. The molecular formula is C19H24N2O4S2. The quantitative estimate of drug-likeness (QED) is 0.796. The molecule has 6 nitrogen and oxygen atoms in total. The summed E-state index contributed by atoms with van der Waals surface area (Å²) < 4.78 is 54.1. The second kappa shape index (κ2) is 8.41. The van der Waals surface area contributed by atoms with E-state index in [0.29, 0.717) is 24.3 Å². The highest BCUT2D eigenvalue weighted by Crippen LogP contribution is 2.22. The molecule has 0 aromatic heterocycles. The van der Waals surface area contributed by atoms with Crippen LogP contribution in [0.3, 0.4) is 0 Å². The fraction of sp³-hybridized carbons (Fsp3) is 0.368. The Morgan fingerprint density at radius 1 is 0.778 bits per heavy atom. The van der Waals surface area contributed by atoms with Crippen molar-refractivity contribution < 1.29 is 16.8 Å². The highest BCUT2D eigenvalue weighted by Gasteiger charge is 2.25. The van der Waals surface area contributed by atoms with Gasteiger partial charge in [-0.1, -0.05) is 43.2 Å². The summed E-state index contributed by atoms with van der Waals surface area (Å²) >= 11 is 0. The number of nitrogens with zero attached hydrogens (tertiary/aromatic N) is 1. The average molecular weight is 409 g/mol. The molecule has 1 fully saturated rings. The minimum atomic E-state index is -3.57. The predicted molar refractivity (Wildman–Crippen MR) is 106 cm³/mol. The van der Waals surface area contributed by atoms with E-state index in [0.717, 1.165) is 25.7 Å². The van der Waals surface area contributed by atoms with Crippen molar-refractivity contribution >= 4 is 25.7 Å². The van der Waals surface area contributed by atoms with E-state index < -0.39 is 20.0 Å². The molecule has 0 spiro atoms. The number of rotatable bonds is 6. The number of nitrogens with one attached hydrogen (secondary N) is 1. The predicted octanol–water partition coefficient (Wildman–Crippen LogP) is 3.19. The standard InChI is InChI=1S/C19H24N2O4S2/c22-26(23,16-17-8-4-3-5-9-17)20-18-10-12-19(13-11-18)27(24,25)21-14-6-1-2-7-15-21/h3-5,8-13,20H,1-2,6-7,14-16H2. The SMILES string of the molecule is O=S(=O)(Cc1ccccc1)Nc1ccc(S(=O)(=O)N2CCCCCC2)cc1. The molecule has 8 heteroatoms. The third-order valence-electron chi connectivity index (χ3n) is 4.53. The van der Waals surface area contributed by atoms with Crippen molar-refractivity contribution in [2.75, 3.05) is 17.8 Å². The first-order chi connectivity index (χ1) is 12.9. The first-order valence-corrected chi connectivity index (χ1v) is 12.1. The summed E-state index contributed by atoms with van der Waals surface area (Å²) in [6, 6.07) is 14.8. The zero-order valence-electron chi connectivity index (χ0n) is 15.0. The smallest absolute Gasteiger partial charge is 0.243 e. The second-order valence-electron chi connectivity index (χ2n) is 6.69. The van der Waals surface area contributed by atoms with Crippen LogP contribution in [0.2, 0.25) is 0 Å². The molecule has 27 heavy (non-hydrogen) atoms. The molecule has 146 valence electrons. The molecule has 1 aliphatic heterocycles. The summed E-state index contributed by atoms with van der Waals surface area (Å²) in [5.74, 6) is -0.137. The van der Waals surface area contributed by atoms with Crippen LogP contribution in [0, 0.1) is 0 Å². The molecule has 0 unspecified atom stereocenters. The van der Waals surface area contributed by atoms with Crippen LogP contribution in [0.15, 0.2) is 59.5 Å². The molecule has 1 heterocycles. The lowest BCUT2D eigenvalue weighted by Gasteiger charge is -2.20. The van der Waals surface area contributed by atoms with Gasteiger partial charge in [0.25, 0.3) is 0 Å². The maximum absolute atomic E-state index is 12.8. The zero-order chi connectivity index (χ0) is 19.3. The fourth-order valence-corrected chi connectivity index (χ4v) is 5.85. The lowest BCUT2D eigenvalue weighted by Crippen LogP contribution is -2.31. The van der Waals surface area contributed by atoms with Gasteiger partial charge in [-0.15, -0.1) is 0 Å². The molecule has 0 saturated carbocycles. The van der Waals surface area contributed by atoms with Crippen molar-refractivity contribution in [2.24, 2.45) is 0 Å². The first kappa shape index (κ1) is 19.9. The average Bonchev–Trinajstić information content (AvgIpc) is 2.92. The minimum absolute atomic E-state index is 0.137. The van der Waals surface area contributed by atoms with Gasteiger partial charge in [-0.3, -0.25) is 4.72 Å². The number of anilines is 1. The summed E-state index contributed by atoms with van der Waals surface area (Å²) in [5.41, 5.74) is 1.03. The summed E-state index contributed by atoms with van der Waals surface area (Å²) in [4.78, 5) is 0.190. The van der Waals surface area contributed by atoms with Gasteiger partial charge in [-0.05, 0) is 42.7 Å². The Labute approximate surface area is 161 Å². The summed E-state index contributed by atoms with van der Waals surface area (Å²) in [7, 11) is -7.11. The maximum atomic E-state index is 12.8. The third kappa shape index (κ3) is 5.31. The van der Waals surface area contributed by atoms with E-state index in [9.17, 15) is 16.8 Å². The van der Waals surface area contributed by atoms with Crippen LogP contribution in [0.5, 0.6) is 0 Å². The van der Waals surface area contributed by atoms with Crippen molar-refractivity contribution in [3.05, 3.63) is 60.2 Å². The van der Waals surface area contributed by atoms with Crippen LogP contribution in [0.25, 0.3) is 0 Å². The Morgan fingerprint density at radius 2 is 1.37 bits per heavy atom. The van der Waals surface area contributed by atoms with Gasteiger partial charge in [0, 0.05) is 18.8 Å².